The largest absolute Gasteiger partial charge is 0.468 e. The highest BCUT2D eigenvalue weighted by Crippen LogP contribution is 2.36. The third-order valence-electron chi connectivity index (χ3n) is 5.95. The Bertz CT molecular complexity index is 852. The van der Waals surface area contributed by atoms with Gasteiger partial charge in [-0.15, -0.1) is 0 Å². The van der Waals surface area contributed by atoms with Crippen molar-refractivity contribution in [1.82, 2.24) is 24.8 Å². The molecule has 1 fully saturated rings. The summed E-state index contributed by atoms with van der Waals surface area (Å²) in [5.74, 6) is 1.06. The first-order valence-electron chi connectivity index (χ1n) is 9.81. The van der Waals surface area contributed by atoms with Gasteiger partial charge in [0.2, 0.25) is 0 Å². The minimum atomic E-state index is 0.204. The molecule has 3 aromatic heterocycles. The minimum Gasteiger partial charge on any atom is -0.468 e. The van der Waals surface area contributed by atoms with Gasteiger partial charge in [-0.2, -0.15) is 0 Å². The fourth-order valence-electron chi connectivity index (χ4n) is 4.61. The summed E-state index contributed by atoms with van der Waals surface area (Å²) in [6.45, 7) is 4.19. The van der Waals surface area contributed by atoms with Crippen LogP contribution in [0.4, 0.5) is 0 Å². The second-order valence-corrected chi connectivity index (χ2v) is 7.53. The quantitative estimate of drug-likeness (QED) is 0.772. The van der Waals surface area contributed by atoms with Crippen molar-refractivity contribution in [3.63, 3.8) is 0 Å². The zero-order valence-corrected chi connectivity index (χ0v) is 15.4. The lowest BCUT2D eigenvalue weighted by Gasteiger charge is -2.44. The van der Waals surface area contributed by atoms with E-state index in [0.29, 0.717) is 6.04 Å². The van der Waals surface area contributed by atoms with Crippen LogP contribution in [-0.4, -0.2) is 50.4 Å². The van der Waals surface area contributed by atoms with Crippen molar-refractivity contribution in [3.05, 3.63) is 72.0 Å². The van der Waals surface area contributed by atoms with E-state index in [4.69, 9.17) is 4.42 Å². The summed E-state index contributed by atoms with van der Waals surface area (Å²) in [5, 5.41) is 0. The number of nitrogens with zero attached hydrogens (tertiary/aromatic N) is 4. The summed E-state index contributed by atoms with van der Waals surface area (Å²) >= 11 is 0. The van der Waals surface area contributed by atoms with E-state index in [9.17, 15) is 0 Å². The van der Waals surface area contributed by atoms with Crippen LogP contribution in [0.25, 0.3) is 0 Å². The van der Waals surface area contributed by atoms with Gasteiger partial charge in [0.05, 0.1) is 30.9 Å². The van der Waals surface area contributed by atoms with Crippen LogP contribution in [0.1, 0.15) is 41.6 Å². The molecule has 0 bridgehead atoms. The number of pyridine rings is 1. The third-order valence-corrected chi connectivity index (χ3v) is 5.95. The molecule has 5 rings (SSSR count). The van der Waals surface area contributed by atoms with E-state index >= 15 is 0 Å². The highest BCUT2D eigenvalue weighted by Gasteiger charge is 2.36. The number of rotatable bonds is 4. The summed E-state index contributed by atoms with van der Waals surface area (Å²) in [6, 6.07) is 9.02. The summed E-state index contributed by atoms with van der Waals surface area (Å²) in [5.41, 5.74) is 3.69. The first-order valence-corrected chi connectivity index (χ1v) is 9.81. The molecule has 2 aliphatic rings. The predicted octanol–water partition coefficient (Wildman–Crippen LogP) is 3.01. The molecule has 0 aromatic carbocycles. The molecule has 27 heavy (non-hydrogen) atoms. The van der Waals surface area contributed by atoms with Gasteiger partial charge in [0, 0.05) is 50.2 Å². The topological polar surface area (TPSA) is 61.2 Å². The number of fused-ring (bicyclic) bond motifs is 1. The number of aromatic amines is 1. The third kappa shape index (κ3) is 3.31. The van der Waals surface area contributed by atoms with Crippen LogP contribution in [0.2, 0.25) is 0 Å². The Hall–Kier alpha value is -2.44. The van der Waals surface area contributed by atoms with E-state index in [2.05, 4.69) is 36.9 Å². The maximum atomic E-state index is 5.51. The molecular weight excluding hydrogens is 338 g/mol. The predicted molar refractivity (Wildman–Crippen MR) is 102 cm³/mol. The molecule has 0 amide bonds. The van der Waals surface area contributed by atoms with Crippen LogP contribution in [-0.2, 0) is 13.0 Å². The summed E-state index contributed by atoms with van der Waals surface area (Å²) < 4.78 is 5.51. The van der Waals surface area contributed by atoms with Gasteiger partial charge in [-0.05, 0) is 36.6 Å². The van der Waals surface area contributed by atoms with Gasteiger partial charge in [0.1, 0.15) is 5.76 Å². The van der Waals surface area contributed by atoms with Gasteiger partial charge in [-0.1, -0.05) is 6.07 Å². The number of hydrogen-bond donors (Lipinski definition) is 1. The van der Waals surface area contributed by atoms with Gasteiger partial charge in [0.15, 0.2) is 0 Å². The Kier molecular flexibility index (Phi) is 4.51. The van der Waals surface area contributed by atoms with Gasteiger partial charge >= 0.3 is 0 Å². The fraction of sp³-hybridized carbons (Fsp3) is 0.429. The number of aromatic nitrogens is 3. The normalized spacial score (nSPS) is 22.0. The van der Waals surface area contributed by atoms with Gasteiger partial charge < -0.3 is 9.40 Å². The molecule has 5 heterocycles. The molecule has 2 aliphatic heterocycles. The van der Waals surface area contributed by atoms with Gasteiger partial charge in [-0.3, -0.25) is 14.8 Å². The minimum absolute atomic E-state index is 0.204. The Morgan fingerprint density at radius 2 is 2.07 bits per heavy atom. The van der Waals surface area contributed by atoms with Crippen molar-refractivity contribution < 1.29 is 4.42 Å². The monoisotopic (exact) mass is 363 g/mol. The summed E-state index contributed by atoms with van der Waals surface area (Å²) in [4.78, 5) is 17.5. The van der Waals surface area contributed by atoms with E-state index in [1.54, 1.807) is 6.26 Å². The van der Waals surface area contributed by atoms with Crippen molar-refractivity contribution in [2.24, 2.45) is 0 Å². The van der Waals surface area contributed by atoms with E-state index in [0.717, 1.165) is 38.4 Å². The lowest BCUT2D eigenvalue weighted by molar-refractivity contribution is 0.0733. The van der Waals surface area contributed by atoms with Crippen molar-refractivity contribution in [1.29, 1.82) is 0 Å². The second-order valence-electron chi connectivity index (χ2n) is 7.53. The van der Waals surface area contributed by atoms with E-state index < -0.39 is 0 Å². The molecule has 1 N–H and O–H groups in total. The van der Waals surface area contributed by atoms with Crippen LogP contribution in [0.5, 0.6) is 0 Å². The first-order chi connectivity index (χ1) is 13.4. The Morgan fingerprint density at radius 1 is 1.15 bits per heavy atom. The molecule has 0 spiro atoms. The van der Waals surface area contributed by atoms with Crippen molar-refractivity contribution in [2.75, 3.05) is 19.6 Å². The standard InChI is InChI=1S/C21H25N5O/c1-3-16(13-22-8-1)21-20-19(23-15-24-20)7-11-26(21)17-5-9-25(10-6-17)14-18-4-2-12-27-18/h1-4,8,12-13,15,17,21H,5-7,9-11,14H2,(H,23,24). The number of likely N-dealkylation sites (tertiary alicyclic amines) is 1. The highest BCUT2D eigenvalue weighted by atomic mass is 16.3. The van der Waals surface area contributed by atoms with E-state index in [1.165, 1.54) is 29.8 Å². The molecule has 1 atom stereocenters. The van der Waals surface area contributed by atoms with E-state index in [1.807, 2.05) is 30.9 Å². The zero-order valence-electron chi connectivity index (χ0n) is 15.4. The van der Waals surface area contributed by atoms with E-state index in [-0.39, 0.29) is 6.04 Å². The Morgan fingerprint density at radius 3 is 2.85 bits per heavy atom. The van der Waals surface area contributed by atoms with Gasteiger partial charge in [0.25, 0.3) is 0 Å². The zero-order chi connectivity index (χ0) is 18.1. The maximum absolute atomic E-state index is 5.51. The van der Waals surface area contributed by atoms with Crippen molar-refractivity contribution in [2.45, 2.75) is 37.9 Å². The molecule has 140 valence electrons. The molecule has 6 heteroatoms. The fourth-order valence-corrected chi connectivity index (χ4v) is 4.61. The molecule has 0 aliphatic carbocycles. The van der Waals surface area contributed by atoms with Crippen LogP contribution >= 0.6 is 0 Å². The molecule has 0 radical (unpaired) electrons. The van der Waals surface area contributed by atoms with Crippen LogP contribution in [0.15, 0.2) is 53.7 Å². The van der Waals surface area contributed by atoms with Gasteiger partial charge in [-0.25, -0.2) is 4.98 Å². The number of piperidine rings is 1. The summed E-state index contributed by atoms with van der Waals surface area (Å²) in [6.07, 6.45) is 10.8. The maximum Gasteiger partial charge on any atom is 0.117 e. The molecule has 6 nitrogen and oxygen atoms in total. The second kappa shape index (κ2) is 7.29. The average molecular weight is 363 g/mol. The Balaban J connectivity index is 1.33. The smallest absolute Gasteiger partial charge is 0.117 e. The van der Waals surface area contributed by atoms with Crippen molar-refractivity contribution >= 4 is 0 Å². The van der Waals surface area contributed by atoms with Crippen LogP contribution in [0.3, 0.4) is 0 Å². The molecule has 1 unspecified atom stereocenters. The lowest BCUT2D eigenvalue weighted by atomic mass is 9.92. The summed E-state index contributed by atoms with van der Waals surface area (Å²) in [7, 11) is 0. The number of H-pyrrole nitrogens is 1. The van der Waals surface area contributed by atoms with Crippen LogP contribution < -0.4 is 0 Å². The van der Waals surface area contributed by atoms with Crippen LogP contribution in [0, 0.1) is 0 Å². The number of imidazole rings is 1. The average Bonchev–Trinajstić information content (AvgIpc) is 3.40. The number of furan rings is 1. The molecule has 0 saturated carbocycles. The molecule has 1 saturated heterocycles. The SMILES string of the molecule is c1cncc(C2c3nc[nH]c3CCN2C2CCN(Cc3ccco3)CC2)c1. The van der Waals surface area contributed by atoms with Crippen molar-refractivity contribution in [3.8, 4) is 0 Å². The molecule has 3 aromatic rings. The lowest BCUT2D eigenvalue weighted by Crippen LogP contribution is -2.48. The number of nitrogens with one attached hydrogen (secondary N) is 1. The number of hydrogen-bond acceptors (Lipinski definition) is 5. The Labute approximate surface area is 159 Å². The first kappa shape index (κ1) is 16.7. The molecular formula is C21H25N5O. The highest BCUT2D eigenvalue weighted by molar-refractivity contribution is 5.31.